The summed E-state index contributed by atoms with van der Waals surface area (Å²) >= 11 is 0. The van der Waals surface area contributed by atoms with Crippen LogP contribution in [0.4, 0.5) is 0 Å². The highest BCUT2D eigenvalue weighted by atomic mass is 16.7. The van der Waals surface area contributed by atoms with Gasteiger partial charge in [-0.1, -0.05) is 60.7 Å². The van der Waals surface area contributed by atoms with Gasteiger partial charge in [0.25, 0.3) is 5.56 Å². The first-order chi connectivity index (χ1) is 17.2. The third kappa shape index (κ3) is 5.41. The summed E-state index contributed by atoms with van der Waals surface area (Å²) < 4.78 is 12.0. The number of rotatable bonds is 8. The van der Waals surface area contributed by atoms with Gasteiger partial charge in [-0.05, 0) is 41.8 Å². The summed E-state index contributed by atoms with van der Waals surface area (Å²) in [6, 6.07) is 28.5. The lowest BCUT2D eigenvalue weighted by molar-refractivity contribution is -0.132. The van der Waals surface area contributed by atoms with E-state index in [4.69, 9.17) is 9.47 Å². The number of hydrogen-bond donors (Lipinski definition) is 0. The van der Waals surface area contributed by atoms with Gasteiger partial charge in [0.15, 0.2) is 11.5 Å². The van der Waals surface area contributed by atoms with E-state index in [1.807, 2.05) is 78.9 Å². The van der Waals surface area contributed by atoms with E-state index in [9.17, 15) is 9.59 Å². The Labute approximate surface area is 203 Å². The molecule has 5 rings (SSSR count). The summed E-state index contributed by atoms with van der Waals surface area (Å²) in [5.41, 5.74) is 3.21. The zero-order valence-electron chi connectivity index (χ0n) is 19.2. The van der Waals surface area contributed by atoms with Gasteiger partial charge in [0.2, 0.25) is 12.7 Å². The normalized spacial score (nSPS) is 11.9. The van der Waals surface area contributed by atoms with Crippen molar-refractivity contribution in [3.05, 3.63) is 112 Å². The molecule has 1 aliphatic heterocycles. The molecule has 0 atom stereocenters. The van der Waals surface area contributed by atoms with Crippen molar-refractivity contribution in [3.63, 3.8) is 0 Å². The largest absolute Gasteiger partial charge is 0.454 e. The van der Waals surface area contributed by atoms with Crippen LogP contribution in [0, 0.1) is 0 Å². The Morgan fingerprint density at radius 3 is 2.34 bits per heavy atom. The highest BCUT2D eigenvalue weighted by Gasteiger charge is 2.18. The van der Waals surface area contributed by atoms with Crippen molar-refractivity contribution in [1.29, 1.82) is 0 Å². The maximum absolute atomic E-state index is 13.4. The molecule has 4 aromatic rings. The van der Waals surface area contributed by atoms with Crippen LogP contribution in [0.15, 0.2) is 95.8 Å². The zero-order valence-corrected chi connectivity index (χ0v) is 19.2. The van der Waals surface area contributed by atoms with E-state index >= 15 is 0 Å². The average Bonchev–Trinajstić information content (AvgIpc) is 3.37. The second-order valence-electron chi connectivity index (χ2n) is 8.32. The Morgan fingerprint density at radius 2 is 1.57 bits per heavy atom. The molecular formula is C28H25N3O4. The van der Waals surface area contributed by atoms with Crippen LogP contribution in [0.2, 0.25) is 0 Å². The molecule has 0 radical (unpaired) electrons. The van der Waals surface area contributed by atoms with E-state index in [0.29, 0.717) is 30.3 Å². The van der Waals surface area contributed by atoms with Gasteiger partial charge in [-0.25, -0.2) is 4.68 Å². The number of carbonyl (C=O) groups excluding carboxylic acids is 1. The van der Waals surface area contributed by atoms with E-state index in [1.165, 1.54) is 10.7 Å². The first-order valence-corrected chi connectivity index (χ1v) is 11.5. The molecule has 0 spiro atoms. The number of fused-ring (bicyclic) bond motifs is 1. The molecule has 0 N–H and O–H groups in total. The van der Waals surface area contributed by atoms with Crippen molar-refractivity contribution in [1.82, 2.24) is 14.7 Å². The highest BCUT2D eigenvalue weighted by Crippen LogP contribution is 2.35. The molecule has 0 saturated heterocycles. The van der Waals surface area contributed by atoms with Gasteiger partial charge in [0.1, 0.15) is 6.54 Å². The van der Waals surface area contributed by atoms with Crippen LogP contribution < -0.4 is 15.0 Å². The van der Waals surface area contributed by atoms with Gasteiger partial charge >= 0.3 is 0 Å². The topological polar surface area (TPSA) is 73.7 Å². The first-order valence-electron chi connectivity index (χ1n) is 11.5. The lowest BCUT2D eigenvalue weighted by atomic mass is 10.1. The summed E-state index contributed by atoms with van der Waals surface area (Å²) in [6.07, 6.45) is 0.721. The Bertz CT molecular complexity index is 1370. The molecular weight excluding hydrogens is 442 g/mol. The molecule has 1 aliphatic rings. The van der Waals surface area contributed by atoms with Crippen LogP contribution in [-0.4, -0.2) is 33.9 Å². The predicted molar refractivity (Wildman–Crippen MR) is 132 cm³/mol. The van der Waals surface area contributed by atoms with E-state index in [0.717, 1.165) is 23.1 Å². The smallest absolute Gasteiger partial charge is 0.267 e. The standard InChI is InChI=1S/C28H25N3O4/c32-27-14-12-24(23-11-13-25-26(17-23)35-20-34-25)29-31(27)19-28(33)30(18-22-9-5-2-6-10-22)16-15-21-7-3-1-4-8-21/h1-14,17H,15-16,18-20H2. The third-order valence-electron chi connectivity index (χ3n) is 5.90. The Balaban J connectivity index is 1.36. The number of carbonyl (C=O) groups is 1. The van der Waals surface area contributed by atoms with Crippen LogP contribution in [0.3, 0.4) is 0 Å². The van der Waals surface area contributed by atoms with Crippen molar-refractivity contribution in [2.24, 2.45) is 0 Å². The van der Waals surface area contributed by atoms with Crippen LogP contribution in [-0.2, 0) is 24.3 Å². The van der Waals surface area contributed by atoms with Crippen molar-refractivity contribution >= 4 is 5.91 Å². The van der Waals surface area contributed by atoms with E-state index < -0.39 is 0 Å². The molecule has 0 saturated carbocycles. The van der Waals surface area contributed by atoms with Gasteiger partial charge in [-0.3, -0.25) is 9.59 Å². The SMILES string of the molecule is O=C(Cn1nc(-c2ccc3c(c2)OCO3)ccc1=O)N(CCc1ccccc1)Cc1ccccc1. The molecule has 7 nitrogen and oxygen atoms in total. The Hall–Kier alpha value is -4.39. The summed E-state index contributed by atoms with van der Waals surface area (Å²) in [5.74, 6) is 1.14. The fourth-order valence-corrected chi connectivity index (χ4v) is 4.00. The molecule has 176 valence electrons. The summed E-state index contributed by atoms with van der Waals surface area (Å²) in [6.45, 7) is 1.04. The average molecular weight is 468 g/mol. The molecule has 0 aliphatic carbocycles. The van der Waals surface area contributed by atoms with Crippen molar-refractivity contribution in [2.45, 2.75) is 19.5 Å². The van der Waals surface area contributed by atoms with Gasteiger partial charge < -0.3 is 14.4 Å². The molecule has 3 aromatic carbocycles. The lowest BCUT2D eigenvalue weighted by Gasteiger charge is -2.23. The molecule has 0 unspecified atom stereocenters. The molecule has 0 fully saturated rings. The van der Waals surface area contributed by atoms with E-state index in [2.05, 4.69) is 5.10 Å². The fraction of sp³-hybridized carbons (Fsp3) is 0.179. The predicted octanol–water partition coefficient (Wildman–Crippen LogP) is 3.91. The quantitative estimate of drug-likeness (QED) is 0.393. The number of nitrogens with zero attached hydrogens (tertiary/aromatic N) is 3. The molecule has 1 amide bonds. The number of aromatic nitrogens is 2. The fourth-order valence-electron chi connectivity index (χ4n) is 4.00. The highest BCUT2D eigenvalue weighted by molar-refractivity contribution is 5.76. The minimum atomic E-state index is -0.328. The second kappa shape index (κ2) is 10.3. The number of hydrogen-bond acceptors (Lipinski definition) is 5. The molecule has 7 heteroatoms. The summed E-state index contributed by atoms with van der Waals surface area (Å²) in [4.78, 5) is 27.7. The van der Waals surface area contributed by atoms with Crippen LogP contribution in [0.25, 0.3) is 11.3 Å². The number of ether oxygens (including phenoxy) is 2. The number of benzene rings is 3. The minimum absolute atomic E-state index is 0.140. The maximum Gasteiger partial charge on any atom is 0.267 e. The van der Waals surface area contributed by atoms with Gasteiger partial charge in [0, 0.05) is 24.7 Å². The first kappa shape index (κ1) is 22.4. The molecule has 0 bridgehead atoms. The summed E-state index contributed by atoms with van der Waals surface area (Å²) in [7, 11) is 0. The maximum atomic E-state index is 13.4. The van der Waals surface area contributed by atoms with Crippen molar-refractivity contribution in [3.8, 4) is 22.8 Å². The van der Waals surface area contributed by atoms with Crippen LogP contribution >= 0.6 is 0 Å². The Kier molecular flexibility index (Phi) is 6.57. The minimum Gasteiger partial charge on any atom is -0.454 e. The third-order valence-corrected chi connectivity index (χ3v) is 5.90. The lowest BCUT2D eigenvalue weighted by Crippen LogP contribution is -2.38. The Morgan fingerprint density at radius 1 is 0.857 bits per heavy atom. The van der Waals surface area contributed by atoms with E-state index in [1.54, 1.807) is 11.0 Å². The second-order valence-corrected chi connectivity index (χ2v) is 8.32. The van der Waals surface area contributed by atoms with Gasteiger partial charge in [0.05, 0.1) is 5.69 Å². The van der Waals surface area contributed by atoms with Gasteiger partial charge in [-0.15, -0.1) is 0 Å². The van der Waals surface area contributed by atoms with Crippen LogP contribution in [0.1, 0.15) is 11.1 Å². The van der Waals surface area contributed by atoms with Gasteiger partial charge in [-0.2, -0.15) is 5.10 Å². The van der Waals surface area contributed by atoms with Crippen LogP contribution in [0.5, 0.6) is 11.5 Å². The van der Waals surface area contributed by atoms with Crippen molar-refractivity contribution in [2.75, 3.05) is 13.3 Å². The monoisotopic (exact) mass is 467 g/mol. The number of amides is 1. The molecule has 2 heterocycles. The van der Waals surface area contributed by atoms with E-state index in [-0.39, 0.29) is 24.8 Å². The molecule has 1 aromatic heterocycles. The summed E-state index contributed by atoms with van der Waals surface area (Å²) in [5, 5.41) is 4.48. The molecule has 35 heavy (non-hydrogen) atoms. The van der Waals surface area contributed by atoms with Crippen molar-refractivity contribution < 1.29 is 14.3 Å². The zero-order chi connectivity index (χ0) is 24.0.